The van der Waals surface area contributed by atoms with Crippen molar-refractivity contribution in [2.75, 3.05) is 19.0 Å². The number of halogens is 1. The minimum atomic E-state index is 0.396. The fourth-order valence-corrected chi connectivity index (χ4v) is 2.78. The molecule has 1 heterocycles. The fourth-order valence-electron chi connectivity index (χ4n) is 2.38. The maximum absolute atomic E-state index is 6.32. The van der Waals surface area contributed by atoms with E-state index < -0.39 is 0 Å². The van der Waals surface area contributed by atoms with Crippen molar-refractivity contribution in [3.63, 3.8) is 0 Å². The summed E-state index contributed by atoms with van der Waals surface area (Å²) in [7, 11) is 7.63. The first-order valence-corrected chi connectivity index (χ1v) is 7.46. The largest absolute Gasteiger partial charge is 0.497 e. The third-order valence-corrected chi connectivity index (χ3v) is 3.97. The summed E-state index contributed by atoms with van der Waals surface area (Å²) < 4.78 is 5.28. The number of fused-ring (bicyclic) bond motifs is 1. The molecule has 2 aromatic carbocycles. The summed E-state index contributed by atoms with van der Waals surface area (Å²) in [4.78, 5) is 5.24. The van der Waals surface area contributed by atoms with Crippen LogP contribution in [-0.2, 0) is 0 Å². The Morgan fingerprint density at radius 1 is 1.27 bits per heavy atom. The fraction of sp³-hybridized carbons (Fsp3) is 0.125. The van der Waals surface area contributed by atoms with E-state index >= 15 is 0 Å². The van der Waals surface area contributed by atoms with Gasteiger partial charge in [0.25, 0.3) is 0 Å². The van der Waals surface area contributed by atoms with E-state index in [0.717, 1.165) is 22.5 Å². The predicted molar refractivity (Wildman–Crippen MR) is 96.6 cm³/mol. The summed E-state index contributed by atoms with van der Waals surface area (Å²) in [5, 5.41) is 3.82. The van der Waals surface area contributed by atoms with Crippen LogP contribution >= 0.6 is 23.8 Å². The van der Waals surface area contributed by atoms with Gasteiger partial charge in [0.1, 0.15) is 18.6 Å². The molecule has 2 aromatic rings. The Bertz CT molecular complexity index is 792. The minimum absolute atomic E-state index is 0.396. The lowest BCUT2D eigenvalue weighted by Gasteiger charge is -2.15. The molecule has 0 fully saturated rings. The smallest absolute Gasteiger partial charge is 0.119 e. The lowest BCUT2D eigenvalue weighted by atomic mass is 9.89. The Balaban J connectivity index is 2.23. The van der Waals surface area contributed by atoms with Crippen LogP contribution in [0.5, 0.6) is 5.75 Å². The molecule has 0 aromatic heterocycles. The first kappa shape index (κ1) is 15.1. The van der Waals surface area contributed by atoms with Crippen LogP contribution in [0.3, 0.4) is 0 Å². The number of benzodiazepines with no additional fused rings is 1. The highest BCUT2D eigenvalue weighted by Gasteiger charge is 2.19. The zero-order chi connectivity index (χ0) is 15.7. The lowest BCUT2D eigenvalue weighted by Crippen LogP contribution is -2.15. The molecule has 6 heteroatoms. The van der Waals surface area contributed by atoms with Crippen molar-refractivity contribution >= 4 is 53.5 Å². The van der Waals surface area contributed by atoms with Gasteiger partial charge >= 0.3 is 0 Å². The van der Waals surface area contributed by atoms with Crippen molar-refractivity contribution < 1.29 is 4.74 Å². The van der Waals surface area contributed by atoms with Gasteiger partial charge in [-0.1, -0.05) is 53.5 Å². The Hall–Kier alpha value is -1.85. The van der Waals surface area contributed by atoms with E-state index in [4.69, 9.17) is 36.4 Å². The SMILES string of the molecule is [B]c1cc2c(cc1OC)NC(=S)CN=C2c1ccccc1Cl. The summed E-state index contributed by atoms with van der Waals surface area (Å²) in [6, 6.07) is 11.2. The van der Waals surface area contributed by atoms with Gasteiger partial charge in [0.05, 0.1) is 25.1 Å². The molecule has 0 saturated carbocycles. The molecule has 0 atom stereocenters. The second-order valence-electron chi connectivity index (χ2n) is 4.83. The van der Waals surface area contributed by atoms with E-state index in [-0.39, 0.29) is 0 Å². The molecule has 108 valence electrons. The van der Waals surface area contributed by atoms with Gasteiger partial charge in [-0.25, -0.2) is 0 Å². The Labute approximate surface area is 140 Å². The van der Waals surface area contributed by atoms with Crippen molar-refractivity contribution in [2.45, 2.75) is 0 Å². The van der Waals surface area contributed by atoms with Crippen LogP contribution in [0.2, 0.25) is 5.02 Å². The Kier molecular flexibility index (Phi) is 4.18. The van der Waals surface area contributed by atoms with Crippen molar-refractivity contribution in [1.29, 1.82) is 0 Å². The number of hydrogen-bond acceptors (Lipinski definition) is 3. The van der Waals surface area contributed by atoms with Crippen LogP contribution in [0.15, 0.2) is 41.4 Å². The number of benzene rings is 2. The van der Waals surface area contributed by atoms with Crippen LogP contribution in [0, 0.1) is 0 Å². The van der Waals surface area contributed by atoms with Gasteiger partial charge < -0.3 is 10.1 Å². The lowest BCUT2D eigenvalue weighted by molar-refractivity contribution is 0.418. The maximum Gasteiger partial charge on any atom is 0.119 e. The van der Waals surface area contributed by atoms with Crippen molar-refractivity contribution in [3.05, 3.63) is 52.5 Å². The summed E-state index contributed by atoms with van der Waals surface area (Å²) >= 11 is 11.6. The molecule has 22 heavy (non-hydrogen) atoms. The number of hydrogen-bond donors (Lipinski definition) is 1. The minimum Gasteiger partial charge on any atom is -0.497 e. The zero-order valence-electron chi connectivity index (χ0n) is 11.9. The topological polar surface area (TPSA) is 33.6 Å². The number of nitrogens with zero attached hydrogens (tertiary/aromatic N) is 1. The van der Waals surface area contributed by atoms with E-state index in [1.807, 2.05) is 36.4 Å². The first-order valence-electron chi connectivity index (χ1n) is 6.67. The molecule has 0 amide bonds. The second-order valence-corrected chi connectivity index (χ2v) is 5.73. The molecule has 0 spiro atoms. The summed E-state index contributed by atoms with van der Waals surface area (Å²) in [5.74, 6) is 0.592. The molecule has 3 rings (SSSR count). The van der Waals surface area contributed by atoms with E-state index in [1.54, 1.807) is 7.11 Å². The third kappa shape index (κ3) is 2.74. The summed E-state index contributed by atoms with van der Waals surface area (Å²) in [6.45, 7) is 0.396. The van der Waals surface area contributed by atoms with Gasteiger partial charge in [-0.15, -0.1) is 0 Å². The molecule has 2 radical (unpaired) electrons. The molecule has 0 saturated heterocycles. The quantitative estimate of drug-likeness (QED) is 0.680. The predicted octanol–water partition coefficient (Wildman–Crippen LogP) is 2.73. The average molecular weight is 327 g/mol. The van der Waals surface area contributed by atoms with Crippen molar-refractivity contribution in [2.24, 2.45) is 4.99 Å². The van der Waals surface area contributed by atoms with E-state index in [1.165, 1.54) is 0 Å². The average Bonchev–Trinajstić information content (AvgIpc) is 2.65. The number of thiocarbonyl (C=S) groups is 1. The van der Waals surface area contributed by atoms with Gasteiger partial charge in [0, 0.05) is 22.2 Å². The van der Waals surface area contributed by atoms with Crippen LogP contribution in [0.25, 0.3) is 0 Å². The molecule has 1 N–H and O–H groups in total. The number of methoxy groups -OCH3 is 1. The summed E-state index contributed by atoms with van der Waals surface area (Å²) in [6.07, 6.45) is 0. The standard InChI is InChI=1S/C16H12BClN2OS/c1-21-14-7-13-10(6-11(14)17)16(19-8-15(22)20-13)9-4-2-3-5-12(9)18/h2-7H,8H2,1H3,(H,20,22). The molecule has 0 aliphatic carbocycles. The Morgan fingerprint density at radius 3 is 2.77 bits per heavy atom. The van der Waals surface area contributed by atoms with Crippen molar-refractivity contribution in [3.8, 4) is 5.75 Å². The molecule has 1 aliphatic heterocycles. The third-order valence-electron chi connectivity index (χ3n) is 3.41. The molecular weight excluding hydrogens is 315 g/mol. The van der Waals surface area contributed by atoms with Gasteiger partial charge in [-0.3, -0.25) is 4.99 Å². The molecular formula is C16H12BClN2OS. The van der Waals surface area contributed by atoms with Gasteiger partial charge in [0.2, 0.25) is 0 Å². The maximum atomic E-state index is 6.32. The van der Waals surface area contributed by atoms with Gasteiger partial charge in [0.15, 0.2) is 0 Å². The molecule has 0 unspecified atom stereocenters. The number of rotatable bonds is 2. The van der Waals surface area contributed by atoms with Crippen LogP contribution in [0.1, 0.15) is 11.1 Å². The molecule has 0 bridgehead atoms. The van der Waals surface area contributed by atoms with E-state index in [9.17, 15) is 0 Å². The highest BCUT2D eigenvalue weighted by molar-refractivity contribution is 7.80. The summed E-state index contributed by atoms with van der Waals surface area (Å²) in [5.41, 5.74) is 3.82. The van der Waals surface area contributed by atoms with Crippen LogP contribution in [-0.4, -0.2) is 32.2 Å². The molecule has 1 aliphatic rings. The van der Waals surface area contributed by atoms with E-state index in [0.29, 0.717) is 27.8 Å². The second kappa shape index (κ2) is 6.11. The number of aliphatic imine (C=N–C) groups is 1. The van der Waals surface area contributed by atoms with Crippen LogP contribution in [0.4, 0.5) is 5.69 Å². The number of anilines is 1. The van der Waals surface area contributed by atoms with Gasteiger partial charge in [-0.2, -0.15) is 0 Å². The normalized spacial score (nSPS) is 13.7. The first-order chi connectivity index (χ1) is 10.6. The van der Waals surface area contributed by atoms with Crippen molar-refractivity contribution in [1.82, 2.24) is 0 Å². The number of nitrogens with one attached hydrogen (secondary N) is 1. The van der Waals surface area contributed by atoms with Crippen LogP contribution < -0.4 is 15.5 Å². The monoisotopic (exact) mass is 326 g/mol. The zero-order valence-corrected chi connectivity index (χ0v) is 13.5. The van der Waals surface area contributed by atoms with Gasteiger partial charge in [-0.05, 0) is 6.07 Å². The highest BCUT2D eigenvalue weighted by Crippen LogP contribution is 2.28. The number of ether oxygens (including phenoxy) is 1. The van der Waals surface area contributed by atoms with E-state index in [2.05, 4.69) is 10.3 Å². The highest BCUT2D eigenvalue weighted by atomic mass is 35.5. The molecule has 3 nitrogen and oxygen atoms in total. The Morgan fingerprint density at radius 2 is 2.05 bits per heavy atom.